The van der Waals surface area contributed by atoms with E-state index in [4.69, 9.17) is 0 Å². The van der Waals surface area contributed by atoms with E-state index in [2.05, 4.69) is 68.0 Å². The summed E-state index contributed by atoms with van der Waals surface area (Å²) < 4.78 is 0. The lowest BCUT2D eigenvalue weighted by Gasteiger charge is -2.25. The van der Waals surface area contributed by atoms with E-state index in [1.165, 1.54) is 24.8 Å². The predicted octanol–water partition coefficient (Wildman–Crippen LogP) is 5.03. The van der Waals surface area contributed by atoms with Crippen LogP contribution in [0.1, 0.15) is 37.7 Å². The topological polar surface area (TPSA) is 0 Å². The van der Waals surface area contributed by atoms with Crippen LogP contribution in [0.3, 0.4) is 0 Å². The van der Waals surface area contributed by atoms with Crippen molar-refractivity contribution in [2.75, 3.05) is 0 Å². The zero-order chi connectivity index (χ0) is 13.1. The minimum absolute atomic E-state index is 0.509. The number of benzene rings is 1. The Hall–Kier alpha value is -1.30. The average molecular weight is 250 g/mol. The summed E-state index contributed by atoms with van der Waals surface area (Å²) in [5.74, 6) is 2.43. The van der Waals surface area contributed by atoms with Crippen LogP contribution in [0.4, 0.5) is 0 Å². The van der Waals surface area contributed by atoms with E-state index in [0.29, 0.717) is 17.8 Å². The number of rotatable bonds is 4. The number of allylic oxidation sites excluding steroid dienone is 4. The normalized spacial score (nSPS) is 32.5. The van der Waals surface area contributed by atoms with Crippen molar-refractivity contribution in [2.45, 2.75) is 32.1 Å². The second kappa shape index (κ2) is 5.77. The van der Waals surface area contributed by atoms with E-state index in [1.54, 1.807) is 0 Å². The highest BCUT2D eigenvalue weighted by atomic mass is 14.4. The molecule has 19 heavy (non-hydrogen) atoms. The van der Waals surface area contributed by atoms with Crippen molar-refractivity contribution < 1.29 is 0 Å². The van der Waals surface area contributed by atoms with Gasteiger partial charge in [-0.1, -0.05) is 74.4 Å². The third-order valence-corrected chi connectivity index (χ3v) is 4.52. The van der Waals surface area contributed by atoms with Gasteiger partial charge in [0.2, 0.25) is 0 Å². The van der Waals surface area contributed by atoms with Crippen LogP contribution in [0.2, 0.25) is 0 Å². The lowest BCUT2D eigenvalue weighted by atomic mass is 9.80. The van der Waals surface area contributed by atoms with Gasteiger partial charge in [-0.3, -0.25) is 0 Å². The Bertz CT molecular complexity index is 454. The van der Waals surface area contributed by atoms with Crippen molar-refractivity contribution in [3.8, 4) is 0 Å². The first-order valence-electron chi connectivity index (χ1n) is 7.56. The molecule has 0 N–H and O–H groups in total. The fourth-order valence-electron chi connectivity index (χ4n) is 3.56. The lowest BCUT2D eigenvalue weighted by molar-refractivity contribution is 0.360. The monoisotopic (exact) mass is 250 g/mol. The molecule has 4 unspecified atom stereocenters. The molecule has 0 saturated heterocycles. The molecule has 1 aromatic carbocycles. The van der Waals surface area contributed by atoms with Gasteiger partial charge in [0.15, 0.2) is 0 Å². The van der Waals surface area contributed by atoms with E-state index >= 15 is 0 Å². The van der Waals surface area contributed by atoms with Crippen LogP contribution in [0, 0.1) is 24.2 Å². The molecule has 0 heterocycles. The first-order chi connectivity index (χ1) is 9.40. The van der Waals surface area contributed by atoms with Crippen molar-refractivity contribution in [3.05, 3.63) is 66.6 Å². The van der Waals surface area contributed by atoms with Gasteiger partial charge in [0.05, 0.1) is 0 Å². The Morgan fingerprint density at radius 3 is 2.63 bits per heavy atom. The first kappa shape index (κ1) is 12.7. The van der Waals surface area contributed by atoms with Gasteiger partial charge in [0, 0.05) is 0 Å². The van der Waals surface area contributed by atoms with E-state index in [9.17, 15) is 0 Å². The van der Waals surface area contributed by atoms with Gasteiger partial charge in [-0.15, -0.1) is 0 Å². The molecule has 0 spiro atoms. The maximum absolute atomic E-state index is 3.83. The Labute approximate surface area is 117 Å². The van der Waals surface area contributed by atoms with E-state index in [-0.39, 0.29) is 0 Å². The summed E-state index contributed by atoms with van der Waals surface area (Å²) in [6, 6.07) is 10.9. The largest absolute Gasteiger partial charge is 0.0805 e. The summed E-state index contributed by atoms with van der Waals surface area (Å²) in [4.78, 5) is 0. The van der Waals surface area contributed by atoms with Crippen molar-refractivity contribution in [1.29, 1.82) is 0 Å². The molecule has 0 nitrogen and oxygen atoms in total. The Morgan fingerprint density at radius 2 is 1.84 bits per heavy atom. The molecule has 1 aromatic rings. The number of fused-ring (bicyclic) bond motifs is 1. The Kier molecular flexibility index (Phi) is 3.87. The zero-order valence-electron chi connectivity index (χ0n) is 11.6. The molecule has 1 fully saturated rings. The van der Waals surface area contributed by atoms with Gasteiger partial charge in [0.1, 0.15) is 0 Å². The molecular formula is C19H22. The van der Waals surface area contributed by atoms with Crippen LogP contribution < -0.4 is 0 Å². The second-order valence-corrected chi connectivity index (χ2v) is 5.73. The molecule has 98 valence electrons. The van der Waals surface area contributed by atoms with Gasteiger partial charge >= 0.3 is 0 Å². The smallest absolute Gasteiger partial charge is 0.000879 e. The van der Waals surface area contributed by atoms with Crippen LogP contribution in [0.15, 0.2) is 54.6 Å². The van der Waals surface area contributed by atoms with Crippen LogP contribution in [-0.2, 0) is 0 Å². The SMILES string of the molecule is CCCCC1C(c2ccccc2)[C]C2C=CC=CC21. The van der Waals surface area contributed by atoms with E-state index < -0.39 is 0 Å². The predicted molar refractivity (Wildman–Crippen MR) is 80.7 cm³/mol. The van der Waals surface area contributed by atoms with Gasteiger partial charge in [-0.25, -0.2) is 0 Å². The molecule has 2 radical (unpaired) electrons. The fourth-order valence-corrected chi connectivity index (χ4v) is 3.56. The molecule has 4 atom stereocenters. The van der Waals surface area contributed by atoms with Crippen molar-refractivity contribution in [2.24, 2.45) is 17.8 Å². The van der Waals surface area contributed by atoms with Gasteiger partial charge in [-0.2, -0.15) is 0 Å². The minimum Gasteiger partial charge on any atom is -0.0805 e. The Balaban J connectivity index is 1.85. The van der Waals surface area contributed by atoms with Crippen molar-refractivity contribution in [3.63, 3.8) is 0 Å². The molecule has 1 saturated carbocycles. The number of hydrogen-bond acceptors (Lipinski definition) is 0. The fraction of sp³-hybridized carbons (Fsp3) is 0.421. The molecule has 0 amide bonds. The summed E-state index contributed by atoms with van der Waals surface area (Å²) in [5.41, 5.74) is 1.44. The molecular weight excluding hydrogens is 228 g/mol. The molecule has 2 aliphatic carbocycles. The standard InChI is InChI=1S/C19H22/c1-2-3-12-18-17-13-8-7-11-16(17)14-19(18)15-9-5-4-6-10-15/h4-11,13,16-19H,2-3,12H2,1H3. The van der Waals surface area contributed by atoms with Crippen LogP contribution in [0.5, 0.6) is 0 Å². The summed E-state index contributed by atoms with van der Waals surface area (Å²) in [6.07, 6.45) is 16.9. The highest BCUT2D eigenvalue weighted by Crippen LogP contribution is 2.50. The van der Waals surface area contributed by atoms with Crippen LogP contribution in [-0.4, -0.2) is 0 Å². The molecule has 3 rings (SSSR count). The third kappa shape index (κ3) is 2.54. The highest BCUT2D eigenvalue weighted by molar-refractivity contribution is 5.32. The highest BCUT2D eigenvalue weighted by Gasteiger charge is 2.41. The number of unbranched alkanes of at least 4 members (excludes halogenated alkanes) is 1. The molecule has 0 bridgehead atoms. The summed E-state index contributed by atoms with van der Waals surface area (Å²) in [6.45, 7) is 2.29. The lowest BCUT2D eigenvalue weighted by Crippen LogP contribution is -2.15. The quantitative estimate of drug-likeness (QED) is 0.703. The van der Waals surface area contributed by atoms with E-state index in [0.717, 1.165) is 5.92 Å². The first-order valence-corrected chi connectivity index (χ1v) is 7.56. The van der Waals surface area contributed by atoms with Gasteiger partial charge in [-0.05, 0) is 42.1 Å². The van der Waals surface area contributed by atoms with Gasteiger partial charge in [0.25, 0.3) is 0 Å². The second-order valence-electron chi connectivity index (χ2n) is 5.73. The van der Waals surface area contributed by atoms with Crippen LogP contribution >= 0.6 is 0 Å². The zero-order valence-corrected chi connectivity index (χ0v) is 11.6. The summed E-state index contributed by atoms with van der Waals surface area (Å²) >= 11 is 0. The van der Waals surface area contributed by atoms with Crippen molar-refractivity contribution in [1.82, 2.24) is 0 Å². The molecule has 0 heteroatoms. The summed E-state index contributed by atoms with van der Waals surface area (Å²) in [7, 11) is 0. The van der Waals surface area contributed by atoms with Crippen LogP contribution in [0.25, 0.3) is 0 Å². The van der Waals surface area contributed by atoms with E-state index in [1.807, 2.05) is 0 Å². The molecule has 0 aliphatic heterocycles. The van der Waals surface area contributed by atoms with Crippen molar-refractivity contribution >= 4 is 0 Å². The van der Waals surface area contributed by atoms with Gasteiger partial charge < -0.3 is 0 Å². The molecule has 2 aliphatic rings. The number of hydrogen-bond donors (Lipinski definition) is 0. The Morgan fingerprint density at radius 1 is 1.05 bits per heavy atom. The minimum atomic E-state index is 0.509. The third-order valence-electron chi connectivity index (χ3n) is 4.52. The molecule has 0 aromatic heterocycles. The maximum atomic E-state index is 3.83. The summed E-state index contributed by atoms with van der Waals surface area (Å²) in [5, 5.41) is 0. The average Bonchev–Trinajstić information content (AvgIpc) is 2.85. The maximum Gasteiger partial charge on any atom is -0.000879 e.